The lowest BCUT2D eigenvalue weighted by atomic mass is 10.1. The summed E-state index contributed by atoms with van der Waals surface area (Å²) in [6.07, 6.45) is 1.76. The van der Waals surface area contributed by atoms with Gasteiger partial charge in [0.2, 0.25) is 5.91 Å². The van der Waals surface area contributed by atoms with Crippen molar-refractivity contribution in [1.29, 1.82) is 0 Å². The first-order chi connectivity index (χ1) is 8.97. The van der Waals surface area contributed by atoms with Gasteiger partial charge in [-0.1, -0.05) is 0 Å². The largest absolute Gasteiger partial charge is 0.481 e. The molecule has 4 N–H and O–H groups in total. The van der Waals surface area contributed by atoms with Gasteiger partial charge in [-0.2, -0.15) is 0 Å². The van der Waals surface area contributed by atoms with E-state index in [1.54, 1.807) is 0 Å². The fourth-order valence-electron chi connectivity index (χ4n) is 2.34. The number of benzene rings is 1. The Hall–Kier alpha value is -2.11. The number of carbonyl (C=O) groups excluding carboxylic acids is 1. The van der Waals surface area contributed by atoms with Crippen LogP contribution in [-0.2, 0) is 4.79 Å². The number of carbonyl (C=O) groups is 2. The van der Waals surface area contributed by atoms with Crippen molar-refractivity contribution < 1.29 is 19.1 Å². The summed E-state index contributed by atoms with van der Waals surface area (Å²) >= 11 is 0. The molecule has 1 fully saturated rings. The lowest BCUT2D eigenvalue weighted by Crippen LogP contribution is -2.19. The fraction of sp³-hybridized carbons (Fsp3) is 0.385. The number of anilines is 1. The molecule has 1 aromatic carbocycles. The second kappa shape index (κ2) is 5.26. The van der Waals surface area contributed by atoms with Gasteiger partial charge in [-0.25, -0.2) is 4.39 Å². The third kappa shape index (κ3) is 3.01. The number of rotatable bonds is 4. The van der Waals surface area contributed by atoms with Gasteiger partial charge in [0.15, 0.2) is 0 Å². The summed E-state index contributed by atoms with van der Waals surface area (Å²) < 4.78 is 13.7. The van der Waals surface area contributed by atoms with Crippen LogP contribution in [-0.4, -0.2) is 23.0 Å². The van der Waals surface area contributed by atoms with Gasteiger partial charge in [-0.15, -0.1) is 0 Å². The Labute approximate surface area is 109 Å². The molecule has 19 heavy (non-hydrogen) atoms. The summed E-state index contributed by atoms with van der Waals surface area (Å²) in [5, 5.41) is 11.9. The number of nitrogens with two attached hydrogens (primary N) is 1. The molecule has 1 aliphatic carbocycles. The Morgan fingerprint density at radius 2 is 2.11 bits per heavy atom. The molecule has 2 rings (SSSR count). The quantitative estimate of drug-likeness (QED) is 0.771. The smallest absolute Gasteiger partial charge is 0.306 e. The Kier molecular flexibility index (Phi) is 3.69. The van der Waals surface area contributed by atoms with E-state index in [9.17, 15) is 14.0 Å². The van der Waals surface area contributed by atoms with Gasteiger partial charge in [0.1, 0.15) is 5.82 Å². The molecule has 102 valence electrons. The van der Waals surface area contributed by atoms with Crippen molar-refractivity contribution >= 4 is 17.6 Å². The zero-order chi connectivity index (χ0) is 14.0. The zero-order valence-electron chi connectivity index (χ0n) is 10.2. The second-order valence-electron chi connectivity index (χ2n) is 4.75. The number of amides is 1. The molecule has 0 aliphatic heterocycles. The number of primary amides is 1. The Morgan fingerprint density at radius 1 is 1.37 bits per heavy atom. The second-order valence-corrected chi connectivity index (χ2v) is 4.75. The monoisotopic (exact) mass is 266 g/mol. The Balaban J connectivity index is 2.04. The van der Waals surface area contributed by atoms with Crippen molar-refractivity contribution in [3.05, 3.63) is 29.6 Å². The maximum absolute atomic E-state index is 13.7. The van der Waals surface area contributed by atoms with E-state index in [-0.39, 0.29) is 23.2 Å². The number of aliphatic carboxylic acids is 1. The fourth-order valence-corrected chi connectivity index (χ4v) is 2.34. The minimum Gasteiger partial charge on any atom is -0.481 e. The lowest BCUT2D eigenvalue weighted by Gasteiger charge is -2.14. The van der Waals surface area contributed by atoms with Crippen molar-refractivity contribution in [2.75, 3.05) is 5.32 Å². The van der Waals surface area contributed by atoms with Gasteiger partial charge in [0.05, 0.1) is 11.6 Å². The lowest BCUT2D eigenvalue weighted by molar-refractivity contribution is -0.141. The molecule has 0 bridgehead atoms. The van der Waals surface area contributed by atoms with Crippen LogP contribution in [0.3, 0.4) is 0 Å². The third-order valence-electron chi connectivity index (χ3n) is 3.40. The number of carboxylic acids is 1. The van der Waals surface area contributed by atoms with E-state index < -0.39 is 17.7 Å². The highest BCUT2D eigenvalue weighted by Gasteiger charge is 2.29. The maximum atomic E-state index is 13.7. The SMILES string of the molecule is NC(=O)c1ccc(NC2CCC(C(=O)O)C2)c(F)c1. The molecule has 0 aromatic heterocycles. The molecule has 0 saturated heterocycles. The van der Waals surface area contributed by atoms with Gasteiger partial charge in [0.25, 0.3) is 0 Å². The molecule has 1 aliphatic rings. The minimum absolute atomic E-state index is 0.0602. The van der Waals surface area contributed by atoms with E-state index >= 15 is 0 Å². The topological polar surface area (TPSA) is 92.4 Å². The van der Waals surface area contributed by atoms with E-state index in [0.717, 1.165) is 6.07 Å². The van der Waals surface area contributed by atoms with Crippen molar-refractivity contribution in [2.45, 2.75) is 25.3 Å². The van der Waals surface area contributed by atoms with Crippen LogP contribution in [0.2, 0.25) is 0 Å². The Morgan fingerprint density at radius 3 is 2.63 bits per heavy atom. The van der Waals surface area contributed by atoms with Crippen LogP contribution >= 0.6 is 0 Å². The van der Waals surface area contributed by atoms with Crippen molar-refractivity contribution in [2.24, 2.45) is 11.7 Å². The van der Waals surface area contributed by atoms with E-state index in [0.29, 0.717) is 19.3 Å². The predicted molar refractivity (Wildman–Crippen MR) is 67.3 cm³/mol. The molecule has 0 radical (unpaired) electrons. The average Bonchev–Trinajstić information content (AvgIpc) is 2.80. The maximum Gasteiger partial charge on any atom is 0.306 e. The van der Waals surface area contributed by atoms with Gasteiger partial charge in [0, 0.05) is 11.6 Å². The summed E-state index contributed by atoms with van der Waals surface area (Å²) in [5.41, 5.74) is 5.43. The molecule has 0 spiro atoms. The van der Waals surface area contributed by atoms with Crippen LogP contribution in [0.1, 0.15) is 29.6 Å². The number of halogens is 1. The van der Waals surface area contributed by atoms with Crippen LogP contribution in [0.4, 0.5) is 10.1 Å². The van der Waals surface area contributed by atoms with Crippen LogP contribution in [0.25, 0.3) is 0 Å². The molecule has 2 unspecified atom stereocenters. The summed E-state index contributed by atoms with van der Waals surface area (Å²) in [4.78, 5) is 21.7. The number of hydrogen-bond donors (Lipinski definition) is 3. The van der Waals surface area contributed by atoms with Gasteiger partial charge < -0.3 is 16.2 Å². The first kappa shape index (κ1) is 13.3. The van der Waals surface area contributed by atoms with Crippen LogP contribution in [0, 0.1) is 11.7 Å². The minimum atomic E-state index is -0.811. The summed E-state index contributed by atoms with van der Waals surface area (Å²) in [6, 6.07) is 3.91. The first-order valence-electron chi connectivity index (χ1n) is 6.06. The van der Waals surface area contributed by atoms with E-state index in [4.69, 9.17) is 10.8 Å². The van der Waals surface area contributed by atoms with Crippen molar-refractivity contribution in [1.82, 2.24) is 0 Å². The zero-order valence-corrected chi connectivity index (χ0v) is 10.2. The normalized spacial score (nSPS) is 22.2. The predicted octanol–water partition coefficient (Wildman–Crippen LogP) is 1.59. The highest BCUT2D eigenvalue weighted by atomic mass is 19.1. The number of hydrogen-bond acceptors (Lipinski definition) is 3. The van der Waals surface area contributed by atoms with Crippen LogP contribution < -0.4 is 11.1 Å². The van der Waals surface area contributed by atoms with Gasteiger partial charge >= 0.3 is 5.97 Å². The molecule has 1 saturated carbocycles. The summed E-state index contributed by atoms with van der Waals surface area (Å²) in [6.45, 7) is 0. The summed E-state index contributed by atoms with van der Waals surface area (Å²) in [5.74, 6) is -2.42. The molecule has 1 amide bonds. The highest BCUT2D eigenvalue weighted by Crippen LogP contribution is 2.29. The van der Waals surface area contributed by atoms with Crippen molar-refractivity contribution in [3.63, 3.8) is 0 Å². The van der Waals surface area contributed by atoms with E-state index in [2.05, 4.69) is 5.32 Å². The van der Waals surface area contributed by atoms with Gasteiger partial charge in [-0.3, -0.25) is 9.59 Å². The third-order valence-corrected chi connectivity index (χ3v) is 3.40. The van der Waals surface area contributed by atoms with E-state index in [1.165, 1.54) is 12.1 Å². The molecular formula is C13H15FN2O3. The Bertz CT molecular complexity index is 519. The molecule has 1 aromatic rings. The van der Waals surface area contributed by atoms with Crippen LogP contribution in [0.15, 0.2) is 18.2 Å². The molecule has 6 heteroatoms. The van der Waals surface area contributed by atoms with E-state index in [1.807, 2.05) is 0 Å². The first-order valence-corrected chi connectivity index (χ1v) is 6.06. The van der Waals surface area contributed by atoms with Gasteiger partial charge in [-0.05, 0) is 37.5 Å². The average molecular weight is 266 g/mol. The number of nitrogens with one attached hydrogen (secondary N) is 1. The van der Waals surface area contributed by atoms with Crippen molar-refractivity contribution in [3.8, 4) is 0 Å². The molecular weight excluding hydrogens is 251 g/mol. The van der Waals surface area contributed by atoms with Crippen LogP contribution in [0.5, 0.6) is 0 Å². The summed E-state index contributed by atoms with van der Waals surface area (Å²) in [7, 11) is 0. The molecule has 5 nitrogen and oxygen atoms in total. The molecule has 0 heterocycles. The number of carboxylic acid groups (broad SMARTS) is 1. The standard InChI is InChI=1S/C13H15FN2O3/c14-10-6-7(12(15)17)2-4-11(10)16-9-3-1-8(5-9)13(18)19/h2,4,6,8-9,16H,1,3,5H2,(H2,15,17)(H,18,19). The highest BCUT2D eigenvalue weighted by molar-refractivity contribution is 5.93. The molecule has 2 atom stereocenters.